The highest BCUT2D eigenvalue weighted by molar-refractivity contribution is 9.10. The molecule has 0 bridgehead atoms. The molecule has 17 heavy (non-hydrogen) atoms. The smallest absolute Gasteiger partial charge is 0.165 e. The number of hydrogen-bond donors (Lipinski definition) is 1. The highest BCUT2D eigenvalue weighted by atomic mass is 79.9. The standard InChI is InChI=1S/C12H14BrN3O/c1-8(14)11-4-3-9(5-12(11)13)17-10-6-15-16(2)7-10/h3-8H,14H2,1-2H3/t8-/m1/s1. The molecular weight excluding hydrogens is 282 g/mol. The van der Waals surface area contributed by atoms with Gasteiger partial charge in [0.2, 0.25) is 0 Å². The SMILES string of the molecule is C[C@@H](N)c1ccc(Oc2cnn(C)c2)cc1Br. The van der Waals surface area contributed by atoms with Crippen LogP contribution >= 0.6 is 15.9 Å². The predicted octanol–water partition coefficient (Wildman–Crippen LogP) is 2.99. The minimum absolute atomic E-state index is 0.00295. The Bertz CT molecular complexity index is 522. The quantitative estimate of drug-likeness (QED) is 0.947. The molecule has 0 spiro atoms. The highest BCUT2D eigenvalue weighted by Gasteiger charge is 2.07. The Morgan fingerprint density at radius 3 is 2.71 bits per heavy atom. The van der Waals surface area contributed by atoms with Crippen molar-refractivity contribution in [3.63, 3.8) is 0 Å². The second-order valence-corrected chi connectivity index (χ2v) is 4.78. The van der Waals surface area contributed by atoms with E-state index in [1.165, 1.54) is 0 Å². The van der Waals surface area contributed by atoms with Crippen LogP contribution in [0.25, 0.3) is 0 Å². The van der Waals surface area contributed by atoms with Gasteiger partial charge in [0.05, 0.1) is 12.4 Å². The molecule has 4 nitrogen and oxygen atoms in total. The molecule has 1 aromatic carbocycles. The Labute approximate surface area is 109 Å². The first-order valence-electron chi connectivity index (χ1n) is 5.28. The van der Waals surface area contributed by atoms with Gasteiger partial charge >= 0.3 is 0 Å². The maximum Gasteiger partial charge on any atom is 0.165 e. The zero-order valence-electron chi connectivity index (χ0n) is 9.72. The molecule has 0 fully saturated rings. The van der Waals surface area contributed by atoms with Crippen LogP contribution in [0.15, 0.2) is 35.1 Å². The summed E-state index contributed by atoms with van der Waals surface area (Å²) in [4.78, 5) is 0. The summed E-state index contributed by atoms with van der Waals surface area (Å²) in [6.07, 6.45) is 3.49. The van der Waals surface area contributed by atoms with Crippen molar-refractivity contribution in [3.05, 3.63) is 40.6 Å². The van der Waals surface area contributed by atoms with E-state index < -0.39 is 0 Å². The van der Waals surface area contributed by atoms with Crippen molar-refractivity contribution in [2.24, 2.45) is 12.8 Å². The van der Waals surface area contributed by atoms with Crippen molar-refractivity contribution in [2.75, 3.05) is 0 Å². The second-order valence-electron chi connectivity index (χ2n) is 3.92. The van der Waals surface area contributed by atoms with Gasteiger partial charge in [-0.15, -0.1) is 0 Å². The van der Waals surface area contributed by atoms with Crippen molar-refractivity contribution in [1.82, 2.24) is 9.78 Å². The minimum Gasteiger partial charge on any atom is -0.454 e. The maximum atomic E-state index is 5.84. The summed E-state index contributed by atoms with van der Waals surface area (Å²) in [5, 5.41) is 4.04. The number of aryl methyl sites for hydroxylation is 1. The number of nitrogens with two attached hydrogens (primary N) is 1. The molecule has 0 amide bonds. The lowest BCUT2D eigenvalue weighted by atomic mass is 10.1. The van der Waals surface area contributed by atoms with E-state index >= 15 is 0 Å². The Hall–Kier alpha value is -1.33. The fourth-order valence-electron chi connectivity index (χ4n) is 1.53. The number of nitrogens with zero attached hydrogens (tertiary/aromatic N) is 2. The lowest BCUT2D eigenvalue weighted by molar-refractivity contribution is 0.481. The fraction of sp³-hybridized carbons (Fsp3) is 0.250. The first kappa shape index (κ1) is 12.1. The van der Waals surface area contributed by atoms with Crippen molar-refractivity contribution in [1.29, 1.82) is 0 Å². The molecule has 1 heterocycles. The molecule has 0 radical (unpaired) electrons. The van der Waals surface area contributed by atoms with Crippen molar-refractivity contribution in [3.8, 4) is 11.5 Å². The van der Waals surface area contributed by atoms with E-state index in [0.29, 0.717) is 5.75 Å². The van der Waals surface area contributed by atoms with E-state index in [-0.39, 0.29) is 6.04 Å². The number of halogens is 1. The van der Waals surface area contributed by atoms with Crippen LogP contribution in [0.4, 0.5) is 0 Å². The number of benzene rings is 1. The third-order valence-corrected chi connectivity index (χ3v) is 3.07. The van der Waals surface area contributed by atoms with Crippen LogP contribution in [0, 0.1) is 0 Å². The van der Waals surface area contributed by atoms with Crippen LogP contribution in [0.2, 0.25) is 0 Å². The topological polar surface area (TPSA) is 53.1 Å². The summed E-state index contributed by atoms with van der Waals surface area (Å²) in [5.74, 6) is 1.47. The van der Waals surface area contributed by atoms with E-state index in [1.807, 2.05) is 38.4 Å². The minimum atomic E-state index is -0.00295. The molecule has 0 saturated carbocycles. The first-order valence-corrected chi connectivity index (χ1v) is 6.07. The van der Waals surface area contributed by atoms with Gasteiger partial charge in [0, 0.05) is 17.6 Å². The van der Waals surface area contributed by atoms with Crippen molar-refractivity contribution < 1.29 is 4.74 Å². The molecule has 2 rings (SSSR count). The monoisotopic (exact) mass is 295 g/mol. The summed E-state index contributed by atoms with van der Waals surface area (Å²) >= 11 is 3.49. The van der Waals surface area contributed by atoms with Crippen LogP contribution in [-0.4, -0.2) is 9.78 Å². The van der Waals surface area contributed by atoms with E-state index in [9.17, 15) is 0 Å². The second kappa shape index (κ2) is 4.89. The van der Waals surface area contributed by atoms with E-state index in [4.69, 9.17) is 10.5 Å². The maximum absolute atomic E-state index is 5.84. The third-order valence-electron chi connectivity index (χ3n) is 2.38. The summed E-state index contributed by atoms with van der Waals surface area (Å²) in [6, 6.07) is 5.76. The number of aromatic nitrogens is 2. The molecule has 0 aliphatic heterocycles. The van der Waals surface area contributed by atoms with Gasteiger partial charge in [0.15, 0.2) is 5.75 Å². The molecule has 90 valence electrons. The van der Waals surface area contributed by atoms with E-state index in [0.717, 1.165) is 15.8 Å². The zero-order valence-corrected chi connectivity index (χ0v) is 11.3. The van der Waals surface area contributed by atoms with Gasteiger partial charge in [-0.05, 0) is 24.6 Å². The molecule has 0 aliphatic carbocycles. The Morgan fingerprint density at radius 2 is 2.18 bits per heavy atom. The molecule has 2 aromatic rings. The molecule has 0 saturated heterocycles. The fourth-order valence-corrected chi connectivity index (χ4v) is 2.25. The molecule has 1 atom stereocenters. The first-order chi connectivity index (χ1) is 8.06. The molecular formula is C12H14BrN3O. The van der Waals surface area contributed by atoms with Gasteiger partial charge in [-0.2, -0.15) is 5.10 Å². The summed E-state index contributed by atoms with van der Waals surface area (Å²) < 4.78 is 8.31. The van der Waals surface area contributed by atoms with Gasteiger partial charge in [-0.3, -0.25) is 4.68 Å². The third kappa shape index (κ3) is 2.87. The summed E-state index contributed by atoms with van der Waals surface area (Å²) in [7, 11) is 1.85. The Kier molecular flexibility index (Phi) is 3.49. The number of rotatable bonds is 3. The van der Waals surface area contributed by atoms with Gasteiger partial charge in [0.25, 0.3) is 0 Å². The predicted molar refractivity (Wildman–Crippen MR) is 70.0 cm³/mol. The molecule has 0 aliphatic rings. The zero-order chi connectivity index (χ0) is 12.4. The number of ether oxygens (including phenoxy) is 1. The van der Waals surface area contributed by atoms with Crippen LogP contribution in [-0.2, 0) is 7.05 Å². The van der Waals surface area contributed by atoms with Crippen LogP contribution < -0.4 is 10.5 Å². The Morgan fingerprint density at radius 1 is 1.41 bits per heavy atom. The lowest BCUT2D eigenvalue weighted by Crippen LogP contribution is -2.05. The molecule has 2 N–H and O–H groups in total. The number of hydrogen-bond acceptors (Lipinski definition) is 3. The largest absolute Gasteiger partial charge is 0.454 e. The van der Waals surface area contributed by atoms with Crippen LogP contribution in [0.1, 0.15) is 18.5 Å². The van der Waals surface area contributed by atoms with Gasteiger partial charge in [0.1, 0.15) is 5.75 Å². The summed E-state index contributed by atoms with van der Waals surface area (Å²) in [5.41, 5.74) is 6.90. The van der Waals surface area contributed by atoms with E-state index in [2.05, 4.69) is 21.0 Å². The van der Waals surface area contributed by atoms with Gasteiger partial charge in [-0.25, -0.2) is 0 Å². The average Bonchev–Trinajstić information content (AvgIpc) is 2.63. The van der Waals surface area contributed by atoms with Crippen molar-refractivity contribution in [2.45, 2.75) is 13.0 Å². The van der Waals surface area contributed by atoms with Gasteiger partial charge in [-0.1, -0.05) is 22.0 Å². The van der Waals surface area contributed by atoms with Gasteiger partial charge < -0.3 is 10.5 Å². The van der Waals surface area contributed by atoms with E-state index in [1.54, 1.807) is 10.9 Å². The van der Waals surface area contributed by atoms with Crippen molar-refractivity contribution >= 4 is 15.9 Å². The van der Waals surface area contributed by atoms with Crippen LogP contribution in [0.5, 0.6) is 11.5 Å². The summed E-state index contributed by atoms with van der Waals surface area (Å²) in [6.45, 7) is 1.95. The Balaban J connectivity index is 2.20. The molecule has 5 heteroatoms. The average molecular weight is 296 g/mol. The molecule has 0 unspecified atom stereocenters. The van der Waals surface area contributed by atoms with Crippen LogP contribution in [0.3, 0.4) is 0 Å². The highest BCUT2D eigenvalue weighted by Crippen LogP contribution is 2.29. The normalized spacial score (nSPS) is 12.5. The molecule has 1 aromatic heterocycles. The lowest BCUT2D eigenvalue weighted by Gasteiger charge is -2.10.